The maximum absolute atomic E-state index is 11.6. The van der Waals surface area contributed by atoms with Gasteiger partial charge in [0.1, 0.15) is 5.54 Å². The highest BCUT2D eigenvalue weighted by atomic mass is 16.4. The lowest BCUT2D eigenvalue weighted by Crippen LogP contribution is -2.56. The molecule has 0 aliphatic heterocycles. The minimum atomic E-state index is -0.851. The van der Waals surface area contributed by atoms with Gasteiger partial charge in [-0.05, 0) is 54.0 Å². The maximum atomic E-state index is 11.6. The highest BCUT2D eigenvalue weighted by Crippen LogP contribution is 2.26. The van der Waals surface area contributed by atoms with Gasteiger partial charge in [0.2, 0.25) is 0 Å². The van der Waals surface area contributed by atoms with E-state index in [1.165, 1.54) is 32.1 Å². The predicted molar refractivity (Wildman–Crippen MR) is 83.0 cm³/mol. The summed E-state index contributed by atoms with van der Waals surface area (Å²) in [7, 11) is 2.15. The average molecular weight is 284 g/mol. The van der Waals surface area contributed by atoms with Crippen LogP contribution in [0, 0.1) is 0 Å². The molecule has 4 nitrogen and oxygen atoms in total. The topological polar surface area (TPSA) is 52.6 Å². The lowest BCUT2D eigenvalue weighted by molar-refractivity contribution is -0.145. The number of nitrogens with zero attached hydrogens (tertiary/aromatic N) is 1. The molecule has 1 saturated carbocycles. The van der Waals surface area contributed by atoms with Crippen LogP contribution in [0.15, 0.2) is 0 Å². The first-order valence-corrected chi connectivity index (χ1v) is 7.99. The highest BCUT2D eigenvalue weighted by Gasteiger charge is 2.37. The molecule has 0 heterocycles. The Morgan fingerprint density at radius 3 is 2.30 bits per heavy atom. The van der Waals surface area contributed by atoms with Crippen molar-refractivity contribution in [3.05, 3.63) is 0 Å². The van der Waals surface area contributed by atoms with Crippen molar-refractivity contribution in [1.82, 2.24) is 10.2 Å². The van der Waals surface area contributed by atoms with Crippen molar-refractivity contribution in [2.45, 2.75) is 89.9 Å². The van der Waals surface area contributed by atoms with E-state index in [1.807, 2.05) is 13.8 Å². The van der Waals surface area contributed by atoms with Gasteiger partial charge in [-0.1, -0.05) is 19.3 Å². The second-order valence-electron chi connectivity index (χ2n) is 6.95. The normalized spacial score (nSPS) is 21.9. The summed E-state index contributed by atoms with van der Waals surface area (Å²) in [5, 5.41) is 12.8. The third-order valence-electron chi connectivity index (χ3n) is 4.63. The predicted octanol–water partition coefficient (Wildman–Crippen LogP) is 2.87. The Labute approximate surface area is 123 Å². The zero-order chi connectivity index (χ0) is 15.3. The summed E-state index contributed by atoms with van der Waals surface area (Å²) >= 11 is 0. The molecule has 2 N–H and O–H groups in total. The molecule has 2 unspecified atom stereocenters. The second-order valence-corrected chi connectivity index (χ2v) is 6.95. The number of nitrogens with one attached hydrogen (secondary N) is 1. The van der Waals surface area contributed by atoms with Crippen molar-refractivity contribution in [2.75, 3.05) is 7.05 Å². The zero-order valence-electron chi connectivity index (χ0n) is 13.8. The molecule has 4 heteroatoms. The van der Waals surface area contributed by atoms with Crippen molar-refractivity contribution in [2.24, 2.45) is 0 Å². The van der Waals surface area contributed by atoms with Crippen LogP contribution in [0.5, 0.6) is 0 Å². The van der Waals surface area contributed by atoms with Crippen molar-refractivity contribution < 1.29 is 9.90 Å². The van der Waals surface area contributed by atoms with Crippen molar-refractivity contribution in [3.8, 4) is 0 Å². The Bertz CT molecular complexity index is 314. The van der Waals surface area contributed by atoms with Crippen LogP contribution in [-0.2, 0) is 4.79 Å². The molecular weight excluding hydrogens is 252 g/mol. The molecule has 0 aromatic heterocycles. The van der Waals surface area contributed by atoms with Crippen molar-refractivity contribution in [3.63, 3.8) is 0 Å². The molecule has 0 radical (unpaired) electrons. The fraction of sp³-hybridized carbons (Fsp3) is 0.938. The summed E-state index contributed by atoms with van der Waals surface area (Å²) in [6.07, 6.45) is 7.10. The first-order chi connectivity index (χ1) is 9.26. The molecule has 0 saturated heterocycles. The van der Waals surface area contributed by atoms with E-state index in [4.69, 9.17) is 0 Å². The molecule has 0 aromatic rings. The minimum absolute atomic E-state index is 0.170. The van der Waals surface area contributed by atoms with E-state index in [1.54, 1.807) is 6.92 Å². The smallest absolute Gasteiger partial charge is 0.323 e. The third-order valence-corrected chi connectivity index (χ3v) is 4.63. The van der Waals surface area contributed by atoms with Gasteiger partial charge in [0.05, 0.1) is 0 Å². The maximum Gasteiger partial charge on any atom is 0.323 e. The highest BCUT2D eigenvalue weighted by molar-refractivity contribution is 5.78. The number of aliphatic carboxylic acids is 1. The van der Waals surface area contributed by atoms with Crippen LogP contribution in [0.3, 0.4) is 0 Å². The number of rotatable bonds is 7. The van der Waals surface area contributed by atoms with Crippen LogP contribution in [0.1, 0.15) is 66.2 Å². The van der Waals surface area contributed by atoms with Gasteiger partial charge >= 0.3 is 5.97 Å². The van der Waals surface area contributed by atoms with Crippen LogP contribution in [-0.4, -0.2) is 46.7 Å². The standard InChI is InChI=1S/C16H32N2O2/c1-12(2)17-16(4,15(19)20)11-13(3)18(5)14-9-7-6-8-10-14/h12-14,17H,6-11H2,1-5H3,(H,19,20). The first kappa shape index (κ1) is 17.4. The van der Waals surface area contributed by atoms with E-state index in [0.717, 1.165) is 0 Å². The zero-order valence-corrected chi connectivity index (χ0v) is 13.8. The lowest BCUT2D eigenvalue weighted by atomic mass is 9.89. The third kappa shape index (κ3) is 4.74. The number of hydrogen-bond donors (Lipinski definition) is 2. The van der Waals surface area contributed by atoms with Gasteiger partial charge in [-0.25, -0.2) is 0 Å². The largest absolute Gasteiger partial charge is 0.480 e. The Kier molecular flexibility index (Phi) is 6.46. The fourth-order valence-electron chi connectivity index (χ4n) is 3.43. The quantitative estimate of drug-likeness (QED) is 0.755. The van der Waals surface area contributed by atoms with Gasteiger partial charge in [0.15, 0.2) is 0 Å². The number of carboxylic acids is 1. The Hall–Kier alpha value is -0.610. The monoisotopic (exact) mass is 284 g/mol. The minimum Gasteiger partial charge on any atom is -0.480 e. The molecule has 1 aliphatic carbocycles. The van der Waals surface area contributed by atoms with E-state index in [9.17, 15) is 9.90 Å². The number of carbonyl (C=O) groups is 1. The number of carboxylic acid groups (broad SMARTS) is 1. The van der Waals surface area contributed by atoms with E-state index in [0.29, 0.717) is 12.5 Å². The van der Waals surface area contributed by atoms with E-state index < -0.39 is 11.5 Å². The van der Waals surface area contributed by atoms with Gasteiger partial charge in [-0.2, -0.15) is 0 Å². The molecule has 20 heavy (non-hydrogen) atoms. The molecule has 118 valence electrons. The van der Waals surface area contributed by atoms with Crippen LogP contribution in [0.25, 0.3) is 0 Å². The van der Waals surface area contributed by atoms with Crippen LogP contribution < -0.4 is 5.32 Å². The van der Waals surface area contributed by atoms with Crippen molar-refractivity contribution in [1.29, 1.82) is 0 Å². The molecule has 0 aromatic carbocycles. The van der Waals surface area contributed by atoms with E-state index in [2.05, 4.69) is 24.2 Å². The summed E-state index contributed by atoms with van der Waals surface area (Å²) in [6, 6.07) is 1.06. The van der Waals surface area contributed by atoms with Gasteiger partial charge < -0.3 is 10.0 Å². The van der Waals surface area contributed by atoms with Gasteiger partial charge in [-0.15, -0.1) is 0 Å². The van der Waals surface area contributed by atoms with Crippen LogP contribution in [0.2, 0.25) is 0 Å². The summed E-state index contributed by atoms with van der Waals surface area (Å²) in [5.74, 6) is -0.755. The summed E-state index contributed by atoms with van der Waals surface area (Å²) in [6.45, 7) is 7.95. The van der Waals surface area contributed by atoms with Gasteiger partial charge in [0.25, 0.3) is 0 Å². The molecule has 0 bridgehead atoms. The average Bonchev–Trinajstić information content (AvgIpc) is 2.37. The van der Waals surface area contributed by atoms with Gasteiger partial charge in [0, 0.05) is 18.1 Å². The lowest BCUT2D eigenvalue weighted by Gasteiger charge is -2.39. The molecular formula is C16H32N2O2. The van der Waals surface area contributed by atoms with Gasteiger partial charge in [-0.3, -0.25) is 10.1 Å². The van der Waals surface area contributed by atoms with E-state index >= 15 is 0 Å². The molecule has 0 amide bonds. The molecule has 1 rings (SSSR count). The van der Waals surface area contributed by atoms with Crippen LogP contribution in [0.4, 0.5) is 0 Å². The Morgan fingerprint density at radius 1 is 1.30 bits per heavy atom. The summed E-state index contributed by atoms with van der Waals surface area (Å²) < 4.78 is 0. The summed E-state index contributed by atoms with van der Waals surface area (Å²) in [5.41, 5.74) is -0.851. The molecule has 2 atom stereocenters. The van der Waals surface area contributed by atoms with Crippen LogP contribution >= 0.6 is 0 Å². The SMILES string of the molecule is CC(C)NC(C)(CC(C)N(C)C1CCCCC1)C(=O)O. The van der Waals surface area contributed by atoms with E-state index in [-0.39, 0.29) is 12.1 Å². The fourth-order valence-corrected chi connectivity index (χ4v) is 3.43. The molecule has 1 fully saturated rings. The Balaban J connectivity index is 2.64. The Morgan fingerprint density at radius 2 is 1.85 bits per heavy atom. The molecule has 1 aliphatic rings. The first-order valence-electron chi connectivity index (χ1n) is 7.99. The summed E-state index contributed by atoms with van der Waals surface area (Å²) in [4.78, 5) is 14.0. The number of hydrogen-bond acceptors (Lipinski definition) is 3. The van der Waals surface area contributed by atoms with Crippen molar-refractivity contribution >= 4 is 5.97 Å². The second kappa shape index (κ2) is 7.41. The molecule has 0 spiro atoms.